The van der Waals surface area contributed by atoms with Gasteiger partial charge in [-0.3, -0.25) is 19.4 Å². The van der Waals surface area contributed by atoms with Gasteiger partial charge in [-0.2, -0.15) is 5.26 Å². The number of thioether (sulfide) groups is 1. The number of rotatable bonds is 2. The Labute approximate surface area is 167 Å². The van der Waals surface area contributed by atoms with E-state index in [0.29, 0.717) is 23.6 Å². The van der Waals surface area contributed by atoms with E-state index in [9.17, 15) is 9.59 Å². The van der Waals surface area contributed by atoms with Crippen molar-refractivity contribution in [3.05, 3.63) is 51.3 Å². The number of carbonyl (C=O) groups is 1. The van der Waals surface area contributed by atoms with Crippen LogP contribution in [0, 0.1) is 11.3 Å². The fourth-order valence-corrected chi connectivity index (χ4v) is 5.06. The van der Waals surface area contributed by atoms with Crippen LogP contribution < -0.4 is 10.9 Å². The van der Waals surface area contributed by atoms with Gasteiger partial charge < -0.3 is 10.1 Å². The summed E-state index contributed by atoms with van der Waals surface area (Å²) in [5.74, 6) is 0.691. The summed E-state index contributed by atoms with van der Waals surface area (Å²) in [5, 5.41) is 14.6. The molecule has 4 rings (SSSR count). The summed E-state index contributed by atoms with van der Waals surface area (Å²) in [5.41, 5.74) is 1.55. The number of aromatic nitrogens is 2. The predicted octanol–water partition coefficient (Wildman–Crippen LogP) is 2.95. The van der Waals surface area contributed by atoms with Crippen LogP contribution >= 0.6 is 11.8 Å². The maximum Gasteiger partial charge on any atom is 0.270 e. The first-order chi connectivity index (χ1) is 13.4. The van der Waals surface area contributed by atoms with Crippen molar-refractivity contribution in [1.82, 2.24) is 9.78 Å². The number of hydrogen-bond donors (Lipinski definition) is 2. The van der Waals surface area contributed by atoms with Crippen LogP contribution in [0.1, 0.15) is 54.7 Å². The van der Waals surface area contributed by atoms with Crippen LogP contribution in [0.3, 0.4) is 0 Å². The van der Waals surface area contributed by atoms with Crippen molar-refractivity contribution in [3.63, 3.8) is 0 Å². The Balaban J connectivity index is 1.79. The molecule has 0 saturated carbocycles. The van der Waals surface area contributed by atoms with Crippen molar-refractivity contribution in [3.8, 4) is 6.07 Å². The van der Waals surface area contributed by atoms with Crippen LogP contribution in [-0.4, -0.2) is 33.6 Å². The summed E-state index contributed by atoms with van der Waals surface area (Å²) in [7, 11) is 0. The lowest BCUT2D eigenvalue weighted by atomic mass is 9.94. The van der Waals surface area contributed by atoms with Crippen LogP contribution in [-0.2, 0) is 9.53 Å². The molecule has 2 N–H and O–H groups in total. The number of H-pyrrole nitrogens is 1. The van der Waals surface area contributed by atoms with E-state index in [1.165, 1.54) is 11.8 Å². The van der Waals surface area contributed by atoms with Gasteiger partial charge in [0, 0.05) is 6.61 Å². The highest BCUT2D eigenvalue weighted by Gasteiger charge is 2.35. The molecule has 0 aliphatic carbocycles. The molecule has 1 aromatic carbocycles. The molecule has 1 fully saturated rings. The lowest BCUT2D eigenvalue weighted by Crippen LogP contribution is -2.36. The SMILES string of the molecule is CC1(C)C[C@H](n2[nH]c(=O)c3c2NC(=O)CS[C@@H]3c2ccc(C#N)cc2)CCO1. The number of benzene rings is 1. The lowest BCUT2D eigenvalue weighted by molar-refractivity contribution is -0.113. The van der Waals surface area contributed by atoms with Crippen molar-refractivity contribution < 1.29 is 9.53 Å². The average Bonchev–Trinajstić information content (AvgIpc) is 2.87. The highest BCUT2D eigenvalue weighted by atomic mass is 32.2. The van der Waals surface area contributed by atoms with Gasteiger partial charge in [0.25, 0.3) is 5.56 Å². The molecule has 1 amide bonds. The van der Waals surface area contributed by atoms with Gasteiger partial charge in [-0.05, 0) is 44.4 Å². The van der Waals surface area contributed by atoms with Crippen molar-refractivity contribution in [1.29, 1.82) is 5.26 Å². The molecule has 2 atom stereocenters. The number of hydrogen-bond acceptors (Lipinski definition) is 5. The fourth-order valence-electron chi connectivity index (χ4n) is 3.93. The quantitative estimate of drug-likeness (QED) is 0.810. The minimum atomic E-state index is -0.285. The van der Waals surface area contributed by atoms with Gasteiger partial charge in [0.15, 0.2) is 0 Å². The first-order valence-corrected chi connectivity index (χ1v) is 10.3. The van der Waals surface area contributed by atoms with Crippen molar-refractivity contribution in [2.45, 2.75) is 43.6 Å². The number of fused-ring (bicyclic) bond motifs is 1. The van der Waals surface area contributed by atoms with Gasteiger partial charge in [0.05, 0.1) is 39.8 Å². The van der Waals surface area contributed by atoms with Gasteiger partial charge in [-0.15, -0.1) is 11.8 Å². The first kappa shape index (κ1) is 18.8. The third kappa shape index (κ3) is 3.48. The molecule has 7 nitrogen and oxygen atoms in total. The predicted molar refractivity (Wildman–Crippen MR) is 107 cm³/mol. The standard InChI is InChI=1S/C20H22N4O3S/c1-20(2)9-14(7-8-27-20)24-18-16(19(26)23-24)17(28-11-15(25)22-18)13-5-3-12(10-21)4-6-13/h3-6,14,17H,7-9,11H2,1-2H3,(H,22,25)(H,23,26)/t14-,17-/m1/s1. The second kappa shape index (κ2) is 7.15. The minimum absolute atomic E-state index is 0.0465. The molecule has 1 aromatic heterocycles. The van der Waals surface area contributed by atoms with Crippen LogP contribution in [0.5, 0.6) is 0 Å². The molecule has 0 bridgehead atoms. The zero-order valence-corrected chi connectivity index (χ0v) is 16.6. The topological polar surface area (TPSA) is 99.9 Å². The first-order valence-electron chi connectivity index (χ1n) is 9.28. The Morgan fingerprint density at radius 3 is 2.71 bits per heavy atom. The number of aromatic amines is 1. The third-order valence-electron chi connectivity index (χ3n) is 5.24. The molecule has 2 aliphatic heterocycles. The van der Waals surface area contributed by atoms with Crippen LogP contribution in [0.2, 0.25) is 0 Å². The zero-order valence-electron chi connectivity index (χ0n) is 15.8. The molecule has 28 heavy (non-hydrogen) atoms. The molecule has 0 unspecified atom stereocenters. The summed E-state index contributed by atoms with van der Waals surface area (Å²) in [6, 6.07) is 9.33. The molecule has 2 aromatic rings. The lowest BCUT2D eigenvalue weighted by Gasteiger charge is -2.36. The Morgan fingerprint density at radius 1 is 1.29 bits per heavy atom. The van der Waals surface area contributed by atoms with Crippen LogP contribution in [0.25, 0.3) is 0 Å². The third-order valence-corrected chi connectivity index (χ3v) is 6.51. The number of nitrogens with one attached hydrogen (secondary N) is 2. The monoisotopic (exact) mass is 398 g/mol. The van der Waals surface area contributed by atoms with E-state index < -0.39 is 0 Å². The Morgan fingerprint density at radius 2 is 2.04 bits per heavy atom. The summed E-state index contributed by atoms with van der Waals surface area (Å²) in [4.78, 5) is 25.3. The highest BCUT2D eigenvalue weighted by molar-refractivity contribution is 8.00. The van der Waals surface area contributed by atoms with Crippen molar-refractivity contribution in [2.75, 3.05) is 17.7 Å². The van der Waals surface area contributed by atoms with E-state index >= 15 is 0 Å². The average molecular weight is 398 g/mol. The second-order valence-electron chi connectivity index (χ2n) is 7.80. The van der Waals surface area contributed by atoms with Gasteiger partial charge in [-0.1, -0.05) is 12.1 Å². The van der Waals surface area contributed by atoms with E-state index in [1.54, 1.807) is 12.1 Å². The fraction of sp³-hybridized carbons (Fsp3) is 0.450. The Kier molecular flexibility index (Phi) is 4.81. The normalized spacial score (nSPS) is 24.0. The Bertz CT molecular complexity index is 1000. The van der Waals surface area contributed by atoms with Gasteiger partial charge in [0.1, 0.15) is 5.82 Å². The van der Waals surface area contributed by atoms with Crippen molar-refractivity contribution >= 4 is 23.5 Å². The Hall–Kier alpha value is -2.50. The highest BCUT2D eigenvalue weighted by Crippen LogP contribution is 2.42. The number of anilines is 1. The number of ether oxygens (including phenoxy) is 1. The van der Waals surface area contributed by atoms with Crippen molar-refractivity contribution in [2.24, 2.45) is 0 Å². The molecule has 2 aliphatic rings. The summed E-state index contributed by atoms with van der Waals surface area (Å²) in [6.45, 7) is 4.68. The molecule has 1 saturated heterocycles. The second-order valence-corrected chi connectivity index (χ2v) is 8.89. The van der Waals surface area contributed by atoms with Gasteiger partial charge in [0.2, 0.25) is 5.91 Å². The largest absolute Gasteiger partial charge is 0.375 e. The molecular formula is C20H22N4O3S. The van der Waals surface area contributed by atoms with Gasteiger partial charge >= 0.3 is 0 Å². The summed E-state index contributed by atoms with van der Waals surface area (Å²) >= 11 is 1.42. The number of nitriles is 1. The number of amides is 1. The number of nitrogens with zero attached hydrogens (tertiary/aromatic N) is 2. The number of carbonyl (C=O) groups excluding carboxylic acids is 1. The molecule has 8 heteroatoms. The zero-order chi connectivity index (χ0) is 19.9. The molecule has 146 valence electrons. The van der Waals surface area contributed by atoms with Crippen LogP contribution in [0.15, 0.2) is 29.1 Å². The minimum Gasteiger partial charge on any atom is -0.375 e. The van der Waals surface area contributed by atoms with E-state index in [2.05, 4.69) is 16.5 Å². The summed E-state index contributed by atoms with van der Waals surface area (Å²) in [6.07, 6.45) is 1.51. The maximum atomic E-state index is 12.9. The van der Waals surface area contributed by atoms with E-state index in [-0.39, 0.29) is 34.1 Å². The maximum absolute atomic E-state index is 12.9. The van der Waals surface area contributed by atoms with Gasteiger partial charge in [-0.25, -0.2) is 0 Å². The van der Waals surface area contributed by atoms with E-state index in [1.807, 2.05) is 30.7 Å². The smallest absolute Gasteiger partial charge is 0.270 e. The molecule has 0 radical (unpaired) electrons. The van der Waals surface area contributed by atoms with Crippen LogP contribution in [0.4, 0.5) is 5.82 Å². The van der Waals surface area contributed by atoms with E-state index in [4.69, 9.17) is 10.00 Å². The summed E-state index contributed by atoms with van der Waals surface area (Å²) < 4.78 is 7.62. The molecular weight excluding hydrogens is 376 g/mol. The molecule has 0 spiro atoms. The molecule has 3 heterocycles. The van der Waals surface area contributed by atoms with E-state index in [0.717, 1.165) is 18.4 Å².